The van der Waals surface area contributed by atoms with Gasteiger partial charge in [0.2, 0.25) is 5.91 Å². The van der Waals surface area contributed by atoms with Crippen molar-refractivity contribution in [2.45, 2.75) is 84.0 Å². The van der Waals surface area contributed by atoms with E-state index in [4.69, 9.17) is 18.9 Å². The quantitative estimate of drug-likeness (QED) is 0.256. The summed E-state index contributed by atoms with van der Waals surface area (Å²) < 4.78 is 24.4. The fourth-order valence-corrected chi connectivity index (χ4v) is 5.67. The Labute approximate surface area is 249 Å². The Bertz CT molecular complexity index is 1440. The van der Waals surface area contributed by atoms with Gasteiger partial charge >= 0.3 is 0 Å². The van der Waals surface area contributed by atoms with Crippen molar-refractivity contribution in [2.75, 3.05) is 13.7 Å². The van der Waals surface area contributed by atoms with E-state index in [1.807, 2.05) is 42.5 Å². The number of pyridine rings is 1. The highest BCUT2D eigenvalue weighted by Crippen LogP contribution is 2.50. The molecule has 0 saturated carbocycles. The molecule has 0 atom stereocenters. The van der Waals surface area contributed by atoms with Gasteiger partial charge in [-0.2, -0.15) is 0 Å². The molecular weight excluding hydrogens is 528 g/mol. The lowest BCUT2D eigenvalue weighted by Crippen LogP contribution is -2.35. The molecule has 0 aliphatic carbocycles. The lowest BCUT2D eigenvalue weighted by Gasteiger charge is -2.39. The number of rotatable bonds is 10. The number of benzene rings is 2. The molecule has 3 aromatic rings. The highest BCUT2D eigenvalue weighted by molar-refractivity contribution is 5.96. The van der Waals surface area contributed by atoms with E-state index in [0.717, 1.165) is 71.9 Å². The van der Waals surface area contributed by atoms with E-state index in [1.165, 1.54) is 11.1 Å². The zero-order chi connectivity index (χ0) is 29.7. The number of fused-ring (bicyclic) bond motifs is 2. The van der Waals surface area contributed by atoms with Crippen molar-refractivity contribution in [2.24, 2.45) is 0 Å². The van der Waals surface area contributed by atoms with E-state index in [2.05, 4.69) is 50.1 Å². The number of hydrogen-bond donors (Lipinski definition) is 1. The molecule has 7 heteroatoms. The first kappa shape index (κ1) is 29.5. The maximum Gasteiger partial charge on any atom is 0.220 e. The van der Waals surface area contributed by atoms with E-state index in [-0.39, 0.29) is 17.1 Å². The molecule has 0 saturated heterocycles. The van der Waals surface area contributed by atoms with Gasteiger partial charge in [0.05, 0.1) is 26.0 Å². The molecule has 1 amide bonds. The first-order chi connectivity index (χ1) is 20.1. The summed E-state index contributed by atoms with van der Waals surface area (Å²) in [4.78, 5) is 16.4. The average molecular weight is 571 g/mol. The monoisotopic (exact) mass is 570 g/mol. The van der Waals surface area contributed by atoms with Crippen LogP contribution in [0.2, 0.25) is 0 Å². The van der Waals surface area contributed by atoms with Gasteiger partial charge in [-0.15, -0.1) is 0 Å². The van der Waals surface area contributed by atoms with Crippen molar-refractivity contribution in [3.8, 4) is 23.0 Å². The predicted molar refractivity (Wildman–Crippen MR) is 165 cm³/mol. The van der Waals surface area contributed by atoms with Gasteiger partial charge in [-0.1, -0.05) is 6.07 Å². The summed E-state index contributed by atoms with van der Waals surface area (Å²) in [5.41, 5.74) is 4.96. The Morgan fingerprint density at radius 3 is 2.12 bits per heavy atom. The standard InChI is InChI=1S/C35H42N2O5/c1-34(2)21-29(27-15-13-25(39-5)19-31(27)41-34)30-22-35(3,4)42-32-20-26(14-16-28(30)32)40-18-10-6-7-12-33(38)37-23-24-11-8-9-17-36-24/h8-9,11,13-17,19-20H,6-7,10,12,18,21-23H2,1-5H3,(H,37,38)/b30-29+. The van der Waals surface area contributed by atoms with Crippen LogP contribution in [0.3, 0.4) is 0 Å². The van der Waals surface area contributed by atoms with Crippen LogP contribution in [0.25, 0.3) is 11.1 Å². The molecule has 1 aromatic heterocycles. The van der Waals surface area contributed by atoms with Crippen LogP contribution in [0.5, 0.6) is 23.0 Å². The number of methoxy groups -OCH3 is 1. The van der Waals surface area contributed by atoms with Crippen molar-refractivity contribution in [1.29, 1.82) is 0 Å². The van der Waals surface area contributed by atoms with E-state index >= 15 is 0 Å². The van der Waals surface area contributed by atoms with Gasteiger partial charge in [0.1, 0.15) is 34.2 Å². The predicted octanol–water partition coefficient (Wildman–Crippen LogP) is 7.38. The first-order valence-electron chi connectivity index (χ1n) is 14.8. The fraction of sp³-hybridized carbons (Fsp3) is 0.429. The Morgan fingerprint density at radius 1 is 0.857 bits per heavy atom. The van der Waals surface area contributed by atoms with Crippen LogP contribution < -0.4 is 24.3 Å². The Kier molecular flexibility index (Phi) is 8.76. The Balaban J connectivity index is 1.22. The van der Waals surface area contributed by atoms with E-state index in [1.54, 1.807) is 13.3 Å². The molecule has 1 N–H and O–H groups in total. The molecule has 2 aliphatic rings. The van der Waals surface area contributed by atoms with Crippen molar-refractivity contribution in [1.82, 2.24) is 10.3 Å². The largest absolute Gasteiger partial charge is 0.497 e. The molecule has 42 heavy (non-hydrogen) atoms. The Hall–Kier alpha value is -4.00. The number of nitrogens with zero attached hydrogens (tertiary/aromatic N) is 1. The molecule has 0 unspecified atom stereocenters. The smallest absolute Gasteiger partial charge is 0.220 e. The van der Waals surface area contributed by atoms with Gasteiger partial charge in [0.25, 0.3) is 0 Å². The maximum absolute atomic E-state index is 12.1. The minimum Gasteiger partial charge on any atom is -0.497 e. The molecule has 7 nitrogen and oxygen atoms in total. The summed E-state index contributed by atoms with van der Waals surface area (Å²) in [5, 5.41) is 2.93. The third-order valence-electron chi connectivity index (χ3n) is 7.64. The van der Waals surface area contributed by atoms with Gasteiger partial charge < -0.3 is 24.3 Å². The molecule has 0 fully saturated rings. The fourth-order valence-electron chi connectivity index (χ4n) is 5.67. The molecule has 222 valence electrons. The summed E-state index contributed by atoms with van der Waals surface area (Å²) in [6.45, 7) is 9.59. The first-order valence-corrected chi connectivity index (χ1v) is 14.8. The molecule has 0 bridgehead atoms. The summed E-state index contributed by atoms with van der Waals surface area (Å²) >= 11 is 0. The number of hydrogen-bond acceptors (Lipinski definition) is 6. The number of aromatic nitrogens is 1. The van der Waals surface area contributed by atoms with Gasteiger partial charge in [0.15, 0.2) is 0 Å². The van der Waals surface area contributed by atoms with Gasteiger partial charge in [0, 0.05) is 48.7 Å². The SMILES string of the molecule is COc1ccc2c(c1)OC(C)(C)C/C2=C1/CC(C)(C)Oc2cc(OCCCCCC(=O)NCc3ccccn3)ccc21. The van der Waals surface area contributed by atoms with Crippen molar-refractivity contribution < 1.29 is 23.7 Å². The number of amides is 1. The van der Waals surface area contributed by atoms with Gasteiger partial charge in [-0.3, -0.25) is 9.78 Å². The molecule has 0 spiro atoms. The zero-order valence-corrected chi connectivity index (χ0v) is 25.4. The van der Waals surface area contributed by atoms with E-state index < -0.39 is 0 Å². The minimum atomic E-state index is -0.361. The second-order valence-electron chi connectivity index (χ2n) is 12.3. The number of carbonyl (C=O) groups is 1. The van der Waals surface area contributed by atoms with Crippen LogP contribution in [-0.2, 0) is 11.3 Å². The van der Waals surface area contributed by atoms with Crippen molar-refractivity contribution in [3.63, 3.8) is 0 Å². The lowest BCUT2D eigenvalue weighted by molar-refractivity contribution is -0.121. The third kappa shape index (κ3) is 7.25. The number of nitrogens with one attached hydrogen (secondary N) is 1. The van der Waals surface area contributed by atoms with Crippen LogP contribution >= 0.6 is 0 Å². The van der Waals surface area contributed by atoms with Crippen LogP contribution in [0, 0.1) is 0 Å². The summed E-state index contributed by atoms with van der Waals surface area (Å²) in [6, 6.07) is 18.0. The van der Waals surface area contributed by atoms with Crippen LogP contribution in [0.15, 0.2) is 60.8 Å². The van der Waals surface area contributed by atoms with Gasteiger partial charge in [-0.25, -0.2) is 0 Å². The number of ether oxygens (including phenoxy) is 4. The molecule has 0 radical (unpaired) electrons. The molecule has 3 heterocycles. The highest BCUT2D eigenvalue weighted by Gasteiger charge is 2.37. The van der Waals surface area contributed by atoms with E-state index in [0.29, 0.717) is 19.6 Å². The van der Waals surface area contributed by atoms with Crippen LogP contribution in [0.1, 0.15) is 83.0 Å². The molecule has 2 aromatic carbocycles. The van der Waals surface area contributed by atoms with E-state index in [9.17, 15) is 4.79 Å². The normalized spacial score (nSPS) is 18.1. The van der Waals surface area contributed by atoms with Crippen molar-refractivity contribution >= 4 is 17.1 Å². The second-order valence-corrected chi connectivity index (χ2v) is 12.3. The zero-order valence-electron chi connectivity index (χ0n) is 25.4. The van der Waals surface area contributed by atoms with Crippen molar-refractivity contribution in [3.05, 3.63) is 77.6 Å². The van der Waals surface area contributed by atoms with Gasteiger partial charge in [-0.05, 0) is 94.5 Å². The third-order valence-corrected chi connectivity index (χ3v) is 7.64. The highest BCUT2D eigenvalue weighted by atomic mass is 16.5. The summed E-state index contributed by atoms with van der Waals surface area (Å²) in [6.07, 6.45) is 6.46. The summed E-state index contributed by atoms with van der Waals surface area (Å²) in [5.74, 6) is 3.32. The second kappa shape index (κ2) is 12.5. The summed E-state index contributed by atoms with van der Waals surface area (Å²) in [7, 11) is 1.68. The molecular formula is C35H42N2O5. The maximum atomic E-state index is 12.1. The van der Waals surface area contributed by atoms with Crippen LogP contribution in [-0.4, -0.2) is 35.8 Å². The lowest BCUT2D eigenvalue weighted by atomic mass is 9.79. The van der Waals surface area contributed by atoms with Crippen LogP contribution in [0.4, 0.5) is 0 Å². The Morgan fingerprint density at radius 2 is 1.50 bits per heavy atom. The molecule has 5 rings (SSSR count). The topological polar surface area (TPSA) is 78.9 Å². The molecule has 2 aliphatic heterocycles. The minimum absolute atomic E-state index is 0.0515. The number of unbranched alkanes of at least 4 members (excludes halogenated alkanes) is 2. The average Bonchev–Trinajstić information content (AvgIpc) is 2.96. The number of carbonyl (C=O) groups excluding carboxylic acids is 1.